The number of carboxylic acids is 1. The molecule has 1 N–H and O–H groups in total. The van der Waals surface area contributed by atoms with E-state index in [0.717, 1.165) is 16.5 Å². The van der Waals surface area contributed by atoms with Crippen LogP contribution in [0, 0.1) is 11.3 Å². The molecule has 7 heteroatoms. The molecule has 0 atom stereocenters. The summed E-state index contributed by atoms with van der Waals surface area (Å²) >= 11 is 6.01. The molecule has 0 aliphatic heterocycles. The van der Waals surface area contributed by atoms with Gasteiger partial charge in [0.2, 0.25) is 0 Å². The number of hydrogen-bond acceptors (Lipinski definition) is 4. The molecule has 3 aromatic heterocycles. The molecule has 3 heterocycles. The van der Waals surface area contributed by atoms with E-state index in [1.165, 1.54) is 12.3 Å². The summed E-state index contributed by atoms with van der Waals surface area (Å²) < 4.78 is 1.81. The quantitative estimate of drug-likeness (QED) is 0.597. The van der Waals surface area contributed by atoms with Crippen LogP contribution in [0.4, 0.5) is 0 Å². The second-order valence-electron chi connectivity index (χ2n) is 5.85. The van der Waals surface area contributed by atoms with Crippen LogP contribution in [0.2, 0.25) is 5.02 Å². The van der Waals surface area contributed by atoms with Gasteiger partial charge in [0, 0.05) is 29.7 Å². The van der Waals surface area contributed by atoms with Gasteiger partial charge in [0.25, 0.3) is 0 Å². The van der Waals surface area contributed by atoms with Gasteiger partial charge in [-0.1, -0.05) is 17.7 Å². The van der Waals surface area contributed by atoms with Crippen LogP contribution >= 0.6 is 11.6 Å². The Morgan fingerprint density at radius 3 is 2.85 bits per heavy atom. The number of carbonyl (C=O) groups is 1. The number of aromatic nitrogens is 3. The van der Waals surface area contributed by atoms with E-state index in [1.807, 2.05) is 34.9 Å². The molecule has 0 amide bonds. The molecule has 6 nitrogen and oxygen atoms in total. The first-order chi connectivity index (χ1) is 12.5. The largest absolute Gasteiger partial charge is 0.478 e. The lowest BCUT2D eigenvalue weighted by molar-refractivity contribution is 0.0699. The van der Waals surface area contributed by atoms with Crippen molar-refractivity contribution < 1.29 is 9.90 Å². The molecule has 4 aromatic rings. The maximum absolute atomic E-state index is 11.6. The minimum atomic E-state index is -1.04. The Morgan fingerprint density at radius 2 is 2.08 bits per heavy atom. The van der Waals surface area contributed by atoms with E-state index in [1.54, 1.807) is 12.4 Å². The molecule has 0 radical (unpaired) electrons. The van der Waals surface area contributed by atoms with Gasteiger partial charge in [0.1, 0.15) is 11.8 Å². The van der Waals surface area contributed by atoms with Crippen LogP contribution in [0.1, 0.15) is 21.6 Å². The van der Waals surface area contributed by atoms with Gasteiger partial charge in [0.15, 0.2) is 0 Å². The van der Waals surface area contributed by atoms with E-state index in [4.69, 9.17) is 16.9 Å². The lowest BCUT2D eigenvalue weighted by Gasteiger charge is -2.07. The number of halogens is 1. The summed E-state index contributed by atoms with van der Waals surface area (Å²) in [5, 5.41) is 20.4. The molecule has 0 spiro atoms. The van der Waals surface area contributed by atoms with Gasteiger partial charge in [0.05, 0.1) is 27.8 Å². The molecule has 0 aliphatic rings. The van der Waals surface area contributed by atoms with Crippen LogP contribution < -0.4 is 0 Å². The molecule has 0 bridgehead atoms. The van der Waals surface area contributed by atoms with Gasteiger partial charge in [-0.3, -0.25) is 4.98 Å². The second kappa shape index (κ2) is 6.14. The molecule has 0 aliphatic carbocycles. The number of aromatic carboxylic acids is 1. The Bertz CT molecular complexity index is 1220. The number of rotatable bonds is 3. The van der Waals surface area contributed by atoms with Crippen LogP contribution in [-0.4, -0.2) is 25.6 Å². The highest BCUT2D eigenvalue weighted by Crippen LogP contribution is 2.24. The van der Waals surface area contributed by atoms with E-state index >= 15 is 0 Å². The van der Waals surface area contributed by atoms with Crippen molar-refractivity contribution >= 4 is 39.4 Å². The lowest BCUT2D eigenvalue weighted by Crippen LogP contribution is -1.99. The normalized spacial score (nSPS) is 10.9. The zero-order valence-corrected chi connectivity index (χ0v) is 14.1. The zero-order chi connectivity index (χ0) is 18.3. The van der Waals surface area contributed by atoms with Crippen LogP contribution in [0.5, 0.6) is 0 Å². The number of benzene rings is 1. The van der Waals surface area contributed by atoms with Crippen LogP contribution in [0.15, 0.2) is 48.9 Å². The molecular formula is C19H11ClN4O2. The number of nitriles is 1. The summed E-state index contributed by atoms with van der Waals surface area (Å²) in [5.74, 6) is -1.04. The van der Waals surface area contributed by atoms with Gasteiger partial charge < -0.3 is 9.67 Å². The third kappa shape index (κ3) is 2.75. The zero-order valence-electron chi connectivity index (χ0n) is 13.3. The topological polar surface area (TPSA) is 91.8 Å². The fourth-order valence-corrected chi connectivity index (χ4v) is 3.17. The van der Waals surface area contributed by atoms with Gasteiger partial charge in [-0.25, -0.2) is 9.78 Å². The number of fused-ring (bicyclic) bond motifs is 2. The Labute approximate surface area is 152 Å². The van der Waals surface area contributed by atoms with Crippen molar-refractivity contribution in [3.63, 3.8) is 0 Å². The molecule has 4 rings (SSSR count). The second-order valence-corrected chi connectivity index (χ2v) is 6.29. The average molecular weight is 363 g/mol. The first kappa shape index (κ1) is 16.1. The van der Waals surface area contributed by atoms with Crippen LogP contribution in [0.3, 0.4) is 0 Å². The summed E-state index contributed by atoms with van der Waals surface area (Å²) in [5.41, 5.74) is 2.79. The standard InChI is InChI=1S/C19H11ClN4O2/c20-13-4-12-3-11(1-2-17(12)23-7-13)9-24-10-16(19(25)26)15-5-14(6-21)22-8-18(15)24/h1-5,7-8,10H,9H2,(H,25,26). The third-order valence-electron chi connectivity index (χ3n) is 4.18. The molecule has 26 heavy (non-hydrogen) atoms. The van der Waals surface area contributed by atoms with E-state index in [2.05, 4.69) is 9.97 Å². The highest BCUT2D eigenvalue weighted by Gasteiger charge is 2.15. The molecule has 1 aromatic carbocycles. The number of hydrogen-bond donors (Lipinski definition) is 1. The molecule has 126 valence electrons. The SMILES string of the molecule is N#Cc1cc2c(C(=O)O)cn(Cc3ccc4ncc(Cl)cc4c3)c2cn1. The van der Waals surface area contributed by atoms with Crippen molar-refractivity contribution in [1.82, 2.24) is 14.5 Å². The van der Waals surface area contributed by atoms with Crippen molar-refractivity contribution in [3.05, 3.63) is 70.8 Å². The Hall–Kier alpha value is -3.43. The minimum absolute atomic E-state index is 0.143. The first-order valence-corrected chi connectivity index (χ1v) is 8.09. The monoisotopic (exact) mass is 362 g/mol. The number of carboxylic acid groups (broad SMARTS) is 1. The predicted molar refractivity (Wildman–Crippen MR) is 97.3 cm³/mol. The molecule has 0 saturated heterocycles. The van der Waals surface area contributed by atoms with Crippen molar-refractivity contribution in [3.8, 4) is 6.07 Å². The highest BCUT2D eigenvalue weighted by atomic mass is 35.5. The van der Waals surface area contributed by atoms with Crippen molar-refractivity contribution in [1.29, 1.82) is 5.26 Å². The van der Waals surface area contributed by atoms with E-state index in [0.29, 0.717) is 22.5 Å². The van der Waals surface area contributed by atoms with Crippen molar-refractivity contribution in [2.45, 2.75) is 6.54 Å². The van der Waals surface area contributed by atoms with Gasteiger partial charge in [-0.15, -0.1) is 0 Å². The van der Waals surface area contributed by atoms with E-state index in [9.17, 15) is 9.90 Å². The fraction of sp³-hybridized carbons (Fsp3) is 0.0526. The van der Waals surface area contributed by atoms with E-state index in [-0.39, 0.29) is 11.3 Å². The molecule has 0 unspecified atom stereocenters. The van der Waals surface area contributed by atoms with Crippen LogP contribution in [-0.2, 0) is 6.54 Å². The van der Waals surface area contributed by atoms with E-state index < -0.39 is 5.97 Å². The Kier molecular flexibility index (Phi) is 3.79. The van der Waals surface area contributed by atoms with Gasteiger partial charge in [-0.2, -0.15) is 5.26 Å². The van der Waals surface area contributed by atoms with Crippen molar-refractivity contribution in [2.75, 3.05) is 0 Å². The fourth-order valence-electron chi connectivity index (χ4n) is 3.00. The summed E-state index contributed by atoms with van der Waals surface area (Å²) in [7, 11) is 0. The van der Waals surface area contributed by atoms with Crippen molar-refractivity contribution in [2.24, 2.45) is 0 Å². The Morgan fingerprint density at radius 1 is 1.23 bits per heavy atom. The third-order valence-corrected chi connectivity index (χ3v) is 4.38. The predicted octanol–water partition coefficient (Wildman–Crippen LogP) is 3.86. The maximum atomic E-state index is 11.6. The lowest BCUT2D eigenvalue weighted by atomic mass is 10.1. The van der Waals surface area contributed by atoms with Gasteiger partial charge >= 0.3 is 5.97 Å². The summed E-state index contributed by atoms with van der Waals surface area (Å²) in [4.78, 5) is 19.9. The number of pyridine rings is 2. The minimum Gasteiger partial charge on any atom is -0.478 e. The average Bonchev–Trinajstić information content (AvgIpc) is 2.99. The summed E-state index contributed by atoms with van der Waals surface area (Å²) in [6.45, 7) is 0.458. The smallest absolute Gasteiger partial charge is 0.337 e. The number of nitrogens with zero attached hydrogens (tertiary/aromatic N) is 4. The highest BCUT2D eigenvalue weighted by molar-refractivity contribution is 6.31. The molecular weight excluding hydrogens is 352 g/mol. The Balaban J connectivity index is 1.82. The maximum Gasteiger partial charge on any atom is 0.337 e. The molecule has 0 saturated carbocycles. The summed E-state index contributed by atoms with van der Waals surface area (Å²) in [6.07, 6.45) is 4.69. The summed E-state index contributed by atoms with van der Waals surface area (Å²) in [6, 6.07) is 11.1. The van der Waals surface area contributed by atoms with Gasteiger partial charge in [-0.05, 0) is 29.8 Å². The first-order valence-electron chi connectivity index (χ1n) is 7.71. The molecule has 0 fully saturated rings. The van der Waals surface area contributed by atoms with Crippen LogP contribution in [0.25, 0.3) is 21.8 Å².